The molecule has 0 radical (unpaired) electrons. The van der Waals surface area contributed by atoms with E-state index in [1.54, 1.807) is 0 Å². The Balaban J connectivity index is 3.75. The average molecular weight is 230 g/mol. The molecule has 0 rings (SSSR count). The van der Waals surface area contributed by atoms with E-state index in [0.29, 0.717) is 12.0 Å². The van der Waals surface area contributed by atoms with Crippen molar-refractivity contribution in [2.24, 2.45) is 21.7 Å². The molecule has 0 bridgehead atoms. The van der Waals surface area contributed by atoms with Gasteiger partial charge >= 0.3 is 0 Å². The number of nitrogens with two attached hydrogens (primary N) is 1. The van der Waals surface area contributed by atoms with Crippen LogP contribution in [0.5, 0.6) is 0 Å². The van der Waals surface area contributed by atoms with E-state index in [1.165, 1.54) is 0 Å². The van der Waals surface area contributed by atoms with Crippen LogP contribution in [0, 0.1) is 10.8 Å². The first kappa shape index (κ1) is 15.2. The van der Waals surface area contributed by atoms with Crippen LogP contribution in [0.1, 0.15) is 47.5 Å². The van der Waals surface area contributed by atoms with Gasteiger partial charge in [-0.1, -0.05) is 39.8 Å². The lowest BCUT2D eigenvalue weighted by Crippen LogP contribution is -2.33. The quantitative estimate of drug-likeness (QED) is 0.242. The first-order valence-corrected chi connectivity index (χ1v) is 5.75. The molecular formula is C12H26N2O2. The summed E-state index contributed by atoms with van der Waals surface area (Å²) in [5, 5.41) is 11.6. The molecule has 0 saturated carbocycles. The SMILES string of the molecule is CC(C)(C)CCOCCC(C)(C)C(N)=NO. The second-order valence-electron chi connectivity index (χ2n) is 6.04. The van der Waals surface area contributed by atoms with Crippen molar-refractivity contribution in [3.63, 3.8) is 0 Å². The van der Waals surface area contributed by atoms with E-state index in [4.69, 9.17) is 15.7 Å². The summed E-state index contributed by atoms with van der Waals surface area (Å²) < 4.78 is 5.55. The molecule has 0 spiro atoms. The smallest absolute Gasteiger partial charge is 0.144 e. The van der Waals surface area contributed by atoms with Gasteiger partial charge < -0.3 is 15.7 Å². The molecule has 96 valence electrons. The number of hydrogen-bond acceptors (Lipinski definition) is 3. The summed E-state index contributed by atoms with van der Waals surface area (Å²) in [5.41, 5.74) is 5.58. The minimum atomic E-state index is -0.309. The van der Waals surface area contributed by atoms with Crippen molar-refractivity contribution >= 4 is 5.84 Å². The van der Waals surface area contributed by atoms with Crippen LogP contribution in [0.15, 0.2) is 5.16 Å². The fourth-order valence-corrected chi connectivity index (χ4v) is 1.07. The van der Waals surface area contributed by atoms with Crippen LogP contribution in [-0.2, 0) is 4.74 Å². The highest BCUT2D eigenvalue weighted by molar-refractivity contribution is 5.85. The zero-order valence-corrected chi connectivity index (χ0v) is 11.2. The number of amidine groups is 1. The van der Waals surface area contributed by atoms with Gasteiger partial charge in [-0.25, -0.2) is 0 Å². The van der Waals surface area contributed by atoms with Crippen LogP contribution in [0.4, 0.5) is 0 Å². The molecule has 4 heteroatoms. The standard InChI is InChI=1S/C12H26N2O2/c1-11(2,3)6-8-16-9-7-12(4,5)10(13)14-15/h15H,6-9H2,1-5H3,(H2,13,14). The Hall–Kier alpha value is -0.770. The predicted molar refractivity (Wildman–Crippen MR) is 66.7 cm³/mol. The molecule has 0 heterocycles. The van der Waals surface area contributed by atoms with E-state index < -0.39 is 0 Å². The summed E-state index contributed by atoms with van der Waals surface area (Å²) in [4.78, 5) is 0. The monoisotopic (exact) mass is 230 g/mol. The maximum Gasteiger partial charge on any atom is 0.144 e. The summed E-state index contributed by atoms with van der Waals surface area (Å²) >= 11 is 0. The van der Waals surface area contributed by atoms with E-state index in [-0.39, 0.29) is 11.3 Å². The van der Waals surface area contributed by atoms with Gasteiger partial charge in [-0.15, -0.1) is 0 Å². The minimum Gasteiger partial charge on any atom is -0.409 e. The van der Waals surface area contributed by atoms with Gasteiger partial charge in [-0.3, -0.25) is 0 Å². The number of nitrogens with zero attached hydrogens (tertiary/aromatic N) is 1. The zero-order chi connectivity index (χ0) is 12.8. The molecule has 3 N–H and O–H groups in total. The number of ether oxygens (including phenoxy) is 1. The van der Waals surface area contributed by atoms with Gasteiger partial charge in [0, 0.05) is 18.6 Å². The zero-order valence-electron chi connectivity index (χ0n) is 11.2. The molecule has 16 heavy (non-hydrogen) atoms. The second kappa shape index (κ2) is 6.09. The lowest BCUT2D eigenvalue weighted by molar-refractivity contribution is 0.0939. The van der Waals surface area contributed by atoms with Crippen molar-refractivity contribution in [2.45, 2.75) is 47.5 Å². The fourth-order valence-electron chi connectivity index (χ4n) is 1.07. The Morgan fingerprint density at radius 3 is 2.06 bits per heavy atom. The highest BCUT2D eigenvalue weighted by Gasteiger charge is 2.23. The first-order chi connectivity index (χ1) is 7.19. The molecule has 0 aromatic heterocycles. The topological polar surface area (TPSA) is 67.8 Å². The molecule has 0 aliphatic rings. The summed E-state index contributed by atoms with van der Waals surface area (Å²) in [7, 11) is 0. The number of rotatable bonds is 6. The number of hydrogen-bond donors (Lipinski definition) is 2. The second-order valence-corrected chi connectivity index (χ2v) is 6.04. The molecule has 0 amide bonds. The lowest BCUT2D eigenvalue weighted by atomic mass is 9.88. The fraction of sp³-hybridized carbons (Fsp3) is 0.917. The lowest BCUT2D eigenvalue weighted by Gasteiger charge is -2.23. The van der Waals surface area contributed by atoms with Gasteiger partial charge in [0.25, 0.3) is 0 Å². The molecule has 0 atom stereocenters. The maximum atomic E-state index is 8.60. The Labute approximate surface area is 98.9 Å². The van der Waals surface area contributed by atoms with Crippen molar-refractivity contribution in [1.82, 2.24) is 0 Å². The normalized spacial score (nSPS) is 14.2. The highest BCUT2D eigenvalue weighted by atomic mass is 16.5. The van der Waals surface area contributed by atoms with Crippen LogP contribution in [-0.4, -0.2) is 24.3 Å². The molecule has 0 aromatic carbocycles. The van der Waals surface area contributed by atoms with Crippen LogP contribution in [0.3, 0.4) is 0 Å². The molecule has 0 aliphatic carbocycles. The Morgan fingerprint density at radius 2 is 1.62 bits per heavy atom. The minimum absolute atomic E-state index is 0.256. The average Bonchev–Trinajstić information content (AvgIpc) is 2.14. The molecule has 0 aromatic rings. The van der Waals surface area contributed by atoms with Crippen LogP contribution in [0.2, 0.25) is 0 Å². The largest absolute Gasteiger partial charge is 0.409 e. The molecular weight excluding hydrogens is 204 g/mol. The maximum absolute atomic E-state index is 8.60. The van der Waals surface area contributed by atoms with Gasteiger partial charge in [0.2, 0.25) is 0 Å². The summed E-state index contributed by atoms with van der Waals surface area (Å²) in [6.45, 7) is 11.9. The van der Waals surface area contributed by atoms with Crippen LogP contribution < -0.4 is 5.73 Å². The van der Waals surface area contributed by atoms with Gasteiger partial charge in [0.1, 0.15) is 5.84 Å². The predicted octanol–water partition coefficient (Wildman–Crippen LogP) is 2.60. The van der Waals surface area contributed by atoms with Crippen molar-refractivity contribution in [3.05, 3.63) is 0 Å². The summed E-state index contributed by atoms with van der Waals surface area (Å²) in [6.07, 6.45) is 1.80. The van der Waals surface area contributed by atoms with Crippen LogP contribution >= 0.6 is 0 Å². The highest BCUT2D eigenvalue weighted by Crippen LogP contribution is 2.21. The Bertz CT molecular complexity index is 230. The molecule has 0 unspecified atom stereocenters. The third kappa shape index (κ3) is 6.67. The third-order valence-electron chi connectivity index (χ3n) is 2.67. The van der Waals surface area contributed by atoms with Crippen molar-refractivity contribution in [2.75, 3.05) is 13.2 Å². The van der Waals surface area contributed by atoms with Crippen molar-refractivity contribution in [3.8, 4) is 0 Å². The first-order valence-electron chi connectivity index (χ1n) is 5.75. The van der Waals surface area contributed by atoms with Gasteiger partial charge in [0.15, 0.2) is 0 Å². The number of oxime groups is 1. The molecule has 0 aliphatic heterocycles. The van der Waals surface area contributed by atoms with E-state index in [2.05, 4.69) is 25.9 Å². The molecule has 0 saturated heterocycles. The van der Waals surface area contributed by atoms with Crippen molar-refractivity contribution < 1.29 is 9.94 Å². The van der Waals surface area contributed by atoms with Gasteiger partial charge in [-0.05, 0) is 18.3 Å². The van der Waals surface area contributed by atoms with Crippen molar-refractivity contribution in [1.29, 1.82) is 0 Å². The van der Waals surface area contributed by atoms with Gasteiger partial charge in [-0.2, -0.15) is 0 Å². The Morgan fingerprint density at radius 1 is 1.12 bits per heavy atom. The van der Waals surface area contributed by atoms with E-state index >= 15 is 0 Å². The van der Waals surface area contributed by atoms with Crippen LogP contribution in [0.25, 0.3) is 0 Å². The summed E-state index contributed by atoms with van der Waals surface area (Å²) in [6, 6.07) is 0. The van der Waals surface area contributed by atoms with E-state index in [1.807, 2.05) is 13.8 Å². The molecule has 4 nitrogen and oxygen atoms in total. The molecule has 0 fully saturated rings. The third-order valence-corrected chi connectivity index (χ3v) is 2.67. The van der Waals surface area contributed by atoms with E-state index in [9.17, 15) is 0 Å². The summed E-state index contributed by atoms with van der Waals surface area (Å²) in [5.74, 6) is 0.256. The van der Waals surface area contributed by atoms with Gasteiger partial charge in [0.05, 0.1) is 0 Å². The van der Waals surface area contributed by atoms with E-state index in [0.717, 1.165) is 19.4 Å². The Kier molecular flexibility index (Phi) is 5.79.